The quantitative estimate of drug-likeness (QED) is 0.282. The molecule has 1 heterocycles. The lowest BCUT2D eigenvalue weighted by Gasteiger charge is -2.27. The van der Waals surface area contributed by atoms with Crippen LogP contribution in [0.2, 0.25) is 0 Å². The normalized spacial score (nSPS) is 14.4. The summed E-state index contributed by atoms with van der Waals surface area (Å²) in [6, 6.07) is 21.2. The molecular formula is C30H30N2O6. The number of para-hydroxylation sites is 1. The predicted octanol–water partition coefficient (Wildman–Crippen LogP) is 5.12. The van der Waals surface area contributed by atoms with Gasteiger partial charge >= 0.3 is 6.03 Å². The number of carbonyl (C=O) groups is 3. The Bertz CT molecular complexity index is 1340. The fourth-order valence-electron chi connectivity index (χ4n) is 3.89. The predicted molar refractivity (Wildman–Crippen MR) is 143 cm³/mol. The molecule has 0 unspecified atom stereocenters. The first-order valence-electron chi connectivity index (χ1n) is 12.5. The van der Waals surface area contributed by atoms with Crippen LogP contribution in [0.25, 0.3) is 6.08 Å². The van der Waals surface area contributed by atoms with Crippen LogP contribution < -0.4 is 19.5 Å². The molecule has 1 aliphatic rings. The van der Waals surface area contributed by atoms with E-state index < -0.39 is 17.8 Å². The molecular weight excluding hydrogens is 484 g/mol. The number of urea groups is 1. The number of ether oxygens (including phenoxy) is 3. The van der Waals surface area contributed by atoms with E-state index in [2.05, 4.69) is 5.32 Å². The zero-order valence-corrected chi connectivity index (χ0v) is 21.4. The molecule has 3 aromatic carbocycles. The van der Waals surface area contributed by atoms with Crippen LogP contribution in [0.15, 0.2) is 78.4 Å². The minimum absolute atomic E-state index is 0.0461. The Labute approximate surface area is 221 Å². The van der Waals surface area contributed by atoms with Gasteiger partial charge in [-0.1, -0.05) is 61.5 Å². The first-order chi connectivity index (χ1) is 18.5. The van der Waals surface area contributed by atoms with Crippen molar-refractivity contribution in [3.63, 3.8) is 0 Å². The Morgan fingerprint density at radius 1 is 0.789 bits per heavy atom. The number of amides is 4. The number of rotatable bonds is 11. The Morgan fingerprint density at radius 3 is 2.32 bits per heavy atom. The van der Waals surface area contributed by atoms with Gasteiger partial charge < -0.3 is 14.2 Å². The minimum atomic E-state index is -0.782. The Morgan fingerprint density at radius 2 is 1.55 bits per heavy atom. The van der Waals surface area contributed by atoms with Crippen LogP contribution in [0.1, 0.15) is 37.0 Å². The van der Waals surface area contributed by atoms with Crippen LogP contribution in [0, 0.1) is 0 Å². The van der Waals surface area contributed by atoms with Gasteiger partial charge in [0.2, 0.25) is 0 Å². The first kappa shape index (κ1) is 26.5. The van der Waals surface area contributed by atoms with Gasteiger partial charge in [0, 0.05) is 5.56 Å². The number of nitrogens with zero attached hydrogens (tertiary/aromatic N) is 1. The van der Waals surface area contributed by atoms with Gasteiger partial charge in [0.15, 0.2) is 11.5 Å². The van der Waals surface area contributed by atoms with Gasteiger partial charge in [0.1, 0.15) is 17.9 Å². The van der Waals surface area contributed by atoms with E-state index in [0.717, 1.165) is 16.9 Å². The zero-order valence-electron chi connectivity index (χ0n) is 21.4. The molecule has 0 radical (unpaired) electrons. The molecule has 1 N–H and O–H groups in total. The summed E-state index contributed by atoms with van der Waals surface area (Å²) >= 11 is 0. The van der Waals surface area contributed by atoms with Crippen molar-refractivity contribution in [1.29, 1.82) is 0 Å². The van der Waals surface area contributed by atoms with Gasteiger partial charge in [-0.25, -0.2) is 4.79 Å². The highest BCUT2D eigenvalue weighted by Gasteiger charge is 2.36. The lowest BCUT2D eigenvalue weighted by atomic mass is 10.1. The van der Waals surface area contributed by atoms with Crippen molar-refractivity contribution in [3.05, 3.63) is 95.1 Å². The topological polar surface area (TPSA) is 94.2 Å². The second-order valence-corrected chi connectivity index (χ2v) is 8.58. The third kappa shape index (κ3) is 6.39. The molecule has 0 aromatic heterocycles. The molecule has 3 aromatic rings. The lowest BCUT2D eigenvalue weighted by Crippen LogP contribution is -2.53. The maximum atomic E-state index is 13.3. The molecule has 196 valence electrons. The maximum Gasteiger partial charge on any atom is 0.331 e. The molecule has 0 atom stereocenters. The summed E-state index contributed by atoms with van der Waals surface area (Å²) < 4.78 is 17.4. The second-order valence-electron chi connectivity index (χ2n) is 8.58. The summed E-state index contributed by atoms with van der Waals surface area (Å²) in [4.78, 5) is 39.6. The van der Waals surface area contributed by atoms with Gasteiger partial charge in [-0.15, -0.1) is 0 Å². The summed E-state index contributed by atoms with van der Waals surface area (Å²) in [6.07, 6.45) is 2.30. The van der Waals surface area contributed by atoms with Crippen molar-refractivity contribution in [2.75, 3.05) is 13.2 Å². The van der Waals surface area contributed by atoms with E-state index in [4.69, 9.17) is 14.2 Å². The minimum Gasteiger partial charge on any atom is -0.490 e. The monoisotopic (exact) mass is 514 g/mol. The lowest BCUT2D eigenvalue weighted by molar-refractivity contribution is -0.130. The van der Waals surface area contributed by atoms with Gasteiger partial charge in [0.05, 0.1) is 19.8 Å². The zero-order chi connectivity index (χ0) is 26.9. The number of hydrogen-bond acceptors (Lipinski definition) is 6. The Balaban J connectivity index is 1.56. The highest BCUT2D eigenvalue weighted by Crippen LogP contribution is 2.30. The molecule has 1 saturated heterocycles. The Kier molecular flexibility index (Phi) is 8.77. The summed E-state index contributed by atoms with van der Waals surface area (Å²) in [7, 11) is 0. The average molecular weight is 515 g/mol. The molecule has 4 amide bonds. The van der Waals surface area contributed by atoms with Crippen LogP contribution >= 0.6 is 0 Å². The second kappa shape index (κ2) is 12.6. The largest absolute Gasteiger partial charge is 0.490 e. The molecule has 38 heavy (non-hydrogen) atoms. The van der Waals surface area contributed by atoms with E-state index in [1.165, 1.54) is 6.08 Å². The van der Waals surface area contributed by atoms with Crippen molar-refractivity contribution < 1.29 is 28.6 Å². The van der Waals surface area contributed by atoms with Crippen LogP contribution in [0.3, 0.4) is 0 Å². The van der Waals surface area contributed by atoms with Crippen molar-refractivity contribution in [2.24, 2.45) is 0 Å². The molecule has 4 rings (SSSR count). The third-order valence-electron chi connectivity index (χ3n) is 5.75. The number of imide groups is 2. The van der Waals surface area contributed by atoms with E-state index >= 15 is 0 Å². The molecule has 1 aliphatic heterocycles. The molecule has 8 heteroatoms. The van der Waals surface area contributed by atoms with Gasteiger partial charge in [0.25, 0.3) is 11.8 Å². The van der Waals surface area contributed by atoms with Crippen molar-refractivity contribution in [3.8, 4) is 17.2 Å². The van der Waals surface area contributed by atoms with Gasteiger partial charge in [-0.2, -0.15) is 0 Å². The van der Waals surface area contributed by atoms with E-state index in [1.54, 1.807) is 36.4 Å². The fourth-order valence-corrected chi connectivity index (χ4v) is 3.89. The van der Waals surface area contributed by atoms with E-state index in [0.29, 0.717) is 48.2 Å². The van der Waals surface area contributed by atoms with E-state index in [-0.39, 0.29) is 12.1 Å². The summed E-state index contributed by atoms with van der Waals surface area (Å²) in [5, 5.41) is 2.27. The van der Waals surface area contributed by atoms with Crippen LogP contribution in [-0.2, 0) is 22.7 Å². The molecule has 8 nitrogen and oxygen atoms in total. The molecule has 0 aliphatic carbocycles. The highest BCUT2D eigenvalue weighted by molar-refractivity contribution is 6.31. The van der Waals surface area contributed by atoms with Crippen molar-refractivity contribution >= 4 is 23.9 Å². The fraction of sp³-hybridized carbons (Fsp3) is 0.233. The average Bonchev–Trinajstić information content (AvgIpc) is 2.93. The molecule has 1 fully saturated rings. The third-order valence-corrected chi connectivity index (χ3v) is 5.75. The maximum absolute atomic E-state index is 13.3. The summed E-state index contributed by atoms with van der Waals surface area (Å²) in [5.74, 6) is 0.180. The highest BCUT2D eigenvalue weighted by atomic mass is 16.5. The van der Waals surface area contributed by atoms with E-state index in [1.807, 2.05) is 50.2 Å². The van der Waals surface area contributed by atoms with Gasteiger partial charge in [-0.05, 0) is 48.7 Å². The summed E-state index contributed by atoms with van der Waals surface area (Å²) in [6.45, 7) is 5.13. The number of benzene rings is 3. The van der Waals surface area contributed by atoms with Crippen LogP contribution in [0.4, 0.5) is 4.79 Å². The Hall–Kier alpha value is -4.59. The van der Waals surface area contributed by atoms with Gasteiger partial charge in [-0.3, -0.25) is 19.8 Å². The number of carbonyl (C=O) groups excluding carboxylic acids is 3. The van der Waals surface area contributed by atoms with Crippen molar-refractivity contribution in [1.82, 2.24) is 10.2 Å². The summed E-state index contributed by atoms with van der Waals surface area (Å²) in [5.41, 5.74) is 2.03. The molecule has 0 saturated carbocycles. The SMILES string of the molecule is CCCOc1ccc(CN2C(=O)NC(=O)/C(=C\c3ccccc3OCc3ccccc3)C2=O)cc1OCC. The van der Waals surface area contributed by atoms with Crippen LogP contribution in [0.5, 0.6) is 17.2 Å². The number of barbiturate groups is 1. The number of nitrogens with one attached hydrogen (secondary N) is 1. The van der Waals surface area contributed by atoms with E-state index in [9.17, 15) is 14.4 Å². The smallest absolute Gasteiger partial charge is 0.331 e. The standard InChI is InChI=1S/C30H30N2O6/c1-3-16-37-26-15-14-22(17-27(26)36-4-2)19-32-29(34)24(28(33)31-30(32)35)18-23-12-8-9-13-25(23)38-20-21-10-6-5-7-11-21/h5-15,17-18H,3-4,16,19-20H2,1-2H3,(H,31,33,35)/b24-18+. The van der Waals surface area contributed by atoms with Crippen molar-refractivity contribution in [2.45, 2.75) is 33.4 Å². The first-order valence-corrected chi connectivity index (χ1v) is 12.5. The van der Waals surface area contributed by atoms with Crippen LogP contribution in [-0.4, -0.2) is 36.0 Å². The number of hydrogen-bond donors (Lipinski definition) is 1. The molecule has 0 bridgehead atoms. The molecule has 0 spiro atoms.